The lowest BCUT2D eigenvalue weighted by atomic mass is 9.95. The summed E-state index contributed by atoms with van der Waals surface area (Å²) in [4.78, 5) is 0. The highest BCUT2D eigenvalue weighted by Gasteiger charge is 2.50. The molecule has 0 bridgehead atoms. The van der Waals surface area contributed by atoms with Crippen molar-refractivity contribution in [3.8, 4) is 5.75 Å². The maximum absolute atomic E-state index is 11.2. The minimum Gasteiger partial charge on any atom is -0.507 e. The Morgan fingerprint density at radius 3 is 1.98 bits per heavy atom. The third-order valence-electron chi connectivity index (χ3n) is 7.45. The second-order valence-corrected chi connectivity index (χ2v) is 15.5. The maximum atomic E-state index is 11.2. The van der Waals surface area contributed by atoms with Gasteiger partial charge in [-0.2, -0.15) is 0 Å². The molecule has 0 aromatic heterocycles. The zero-order valence-electron chi connectivity index (χ0n) is 24.3. The van der Waals surface area contributed by atoms with Gasteiger partial charge in [-0.3, -0.25) is 0 Å². The molecule has 5 heteroatoms. The van der Waals surface area contributed by atoms with Crippen LogP contribution in [0.3, 0.4) is 0 Å². The molecule has 0 aliphatic rings. The number of hydrogen-bond donors (Lipinski definition) is 3. The second kappa shape index (κ2) is 14.4. The van der Waals surface area contributed by atoms with Crippen molar-refractivity contribution < 1.29 is 19.7 Å². The van der Waals surface area contributed by atoms with E-state index in [1.165, 1.54) is 10.4 Å². The first kappa shape index (κ1) is 31.3. The zero-order chi connectivity index (χ0) is 29.2. The van der Waals surface area contributed by atoms with Crippen LogP contribution < -0.4 is 10.4 Å². The predicted octanol–water partition coefficient (Wildman–Crippen LogP) is 6.38. The van der Waals surface area contributed by atoms with Gasteiger partial charge in [-0.05, 0) is 51.9 Å². The number of phenolic OH excluding ortho intramolecular Hbond substituents is 1. The molecule has 0 aliphatic heterocycles. The van der Waals surface area contributed by atoms with Crippen molar-refractivity contribution in [3.05, 3.63) is 120 Å². The molecule has 212 valence electrons. The van der Waals surface area contributed by atoms with Crippen LogP contribution >= 0.6 is 0 Å². The summed E-state index contributed by atoms with van der Waals surface area (Å²) >= 11 is 0. The molecule has 0 aliphatic carbocycles. The highest BCUT2D eigenvalue weighted by molar-refractivity contribution is 6.99. The largest absolute Gasteiger partial charge is 0.507 e. The molecule has 3 aromatic carbocycles. The average Bonchev–Trinajstić information content (AvgIpc) is 2.95. The summed E-state index contributed by atoms with van der Waals surface area (Å²) in [5.74, 6) is 0.240. The lowest BCUT2D eigenvalue weighted by molar-refractivity contribution is 0.198. The van der Waals surface area contributed by atoms with Crippen LogP contribution in [-0.2, 0) is 4.43 Å². The topological polar surface area (TPSA) is 69.9 Å². The van der Waals surface area contributed by atoms with Crippen molar-refractivity contribution in [3.63, 3.8) is 0 Å². The Morgan fingerprint density at radius 2 is 1.48 bits per heavy atom. The van der Waals surface area contributed by atoms with Crippen molar-refractivity contribution >= 4 is 24.8 Å². The number of rotatable bonds is 13. The van der Waals surface area contributed by atoms with Gasteiger partial charge in [0.1, 0.15) is 5.75 Å². The molecule has 1 atom stereocenters. The fourth-order valence-corrected chi connectivity index (χ4v) is 9.86. The van der Waals surface area contributed by atoms with Crippen molar-refractivity contribution in [1.82, 2.24) is 0 Å². The fourth-order valence-electron chi connectivity index (χ4n) is 5.31. The van der Waals surface area contributed by atoms with Gasteiger partial charge in [0.25, 0.3) is 8.32 Å². The van der Waals surface area contributed by atoms with E-state index in [0.717, 1.165) is 17.6 Å². The fraction of sp³-hybridized carbons (Fsp3) is 0.314. The van der Waals surface area contributed by atoms with E-state index in [1.807, 2.05) is 30.3 Å². The van der Waals surface area contributed by atoms with E-state index in [1.54, 1.807) is 18.2 Å². The second-order valence-electron chi connectivity index (χ2n) is 11.2. The molecule has 3 aromatic rings. The van der Waals surface area contributed by atoms with E-state index in [9.17, 15) is 15.3 Å². The van der Waals surface area contributed by atoms with Crippen LogP contribution in [0.15, 0.2) is 114 Å². The Kier molecular flexibility index (Phi) is 11.3. The summed E-state index contributed by atoms with van der Waals surface area (Å²) in [5, 5.41) is 33.4. The molecular formula is C35H44O4Si. The number of para-hydroxylation sites is 1. The van der Waals surface area contributed by atoms with Crippen LogP contribution in [0.4, 0.5) is 0 Å². The molecule has 4 nitrogen and oxygen atoms in total. The first-order valence-corrected chi connectivity index (χ1v) is 15.9. The molecule has 0 amide bonds. The summed E-state index contributed by atoms with van der Waals surface area (Å²) in [6, 6.07) is 28.1. The molecule has 3 N–H and O–H groups in total. The minimum absolute atomic E-state index is 0.181. The number of aromatic hydroxyl groups is 1. The standard InChI is InChI=1S/C35H44O4Si/c1-6-28(25-29-15-13-14-20-33(29)37)21-22-34(38)32(23-24-36)27(2)26-39-40(35(3,4)5,30-16-9-7-10-17-30)31-18-11-8-12-19-31/h7-20,23,25,34,36-38H,2,6,21-22,24,26H2,1,3-5H3/b28-25+,32-23-. The van der Waals surface area contributed by atoms with Crippen molar-refractivity contribution in [2.75, 3.05) is 13.2 Å². The van der Waals surface area contributed by atoms with Crippen LogP contribution in [0.2, 0.25) is 5.04 Å². The summed E-state index contributed by atoms with van der Waals surface area (Å²) in [5.41, 5.74) is 3.16. The first-order chi connectivity index (χ1) is 19.1. The molecule has 0 radical (unpaired) electrons. The van der Waals surface area contributed by atoms with Gasteiger partial charge in [0.05, 0.1) is 19.3 Å². The van der Waals surface area contributed by atoms with Gasteiger partial charge in [0, 0.05) is 5.56 Å². The Morgan fingerprint density at radius 1 is 0.925 bits per heavy atom. The smallest absolute Gasteiger partial charge is 0.261 e. The van der Waals surface area contributed by atoms with E-state index in [-0.39, 0.29) is 24.0 Å². The van der Waals surface area contributed by atoms with Gasteiger partial charge in [-0.15, -0.1) is 0 Å². The summed E-state index contributed by atoms with van der Waals surface area (Å²) in [6.07, 6.45) is 4.74. The van der Waals surface area contributed by atoms with E-state index < -0.39 is 14.4 Å². The van der Waals surface area contributed by atoms with E-state index in [4.69, 9.17) is 4.43 Å². The molecule has 0 heterocycles. The summed E-state index contributed by atoms with van der Waals surface area (Å²) in [6.45, 7) is 13.1. The quantitative estimate of drug-likeness (QED) is 0.169. The van der Waals surface area contributed by atoms with Gasteiger partial charge in [-0.1, -0.05) is 131 Å². The zero-order valence-corrected chi connectivity index (χ0v) is 25.3. The number of aliphatic hydroxyl groups is 2. The van der Waals surface area contributed by atoms with Crippen LogP contribution in [0.5, 0.6) is 5.75 Å². The molecule has 3 rings (SSSR count). The maximum Gasteiger partial charge on any atom is 0.261 e. The Labute approximate surface area is 241 Å². The normalized spacial score (nSPS) is 13.8. The van der Waals surface area contributed by atoms with E-state index >= 15 is 0 Å². The van der Waals surface area contributed by atoms with Gasteiger partial charge in [0.15, 0.2) is 0 Å². The third-order valence-corrected chi connectivity index (χ3v) is 12.4. The van der Waals surface area contributed by atoms with E-state index in [2.05, 4.69) is 82.8 Å². The Hall–Kier alpha value is -3.22. The average molecular weight is 557 g/mol. The molecule has 0 saturated heterocycles. The molecule has 0 spiro atoms. The highest BCUT2D eigenvalue weighted by Crippen LogP contribution is 2.37. The summed E-state index contributed by atoms with van der Waals surface area (Å²) in [7, 11) is -2.77. The van der Waals surface area contributed by atoms with Gasteiger partial charge in [0.2, 0.25) is 0 Å². The molecule has 1 unspecified atom stereocenters. The van der Waals surface area contributed by atoms with Crippen molar-refractivity contribution in [1.29, 1.82) is 0 Å². The van der Waals surface area contributed by atoms with Gasteiger partial charge >= 0.3 is 0 Å². The third kappa shape index (κ3) is 7.49. The van der Waals surface area contributed by atoms with Crippen LogP contribution in [-0.4, -0.2) is 43.0 Å². The first-order valence-electron chi connectivity index (χ1n) is 14.0. The van der Waals surface area contributed by atoms with E-state index in [0.29, 0.717) is 24.0 Å². The molecule has 40 heavy (non-hydrogen) atoms. The van der Waals surface area contributed by atoms with Crippen LogP contribution in [0.1, 0.15) is 52.5 Å². The van der Waals surface area contributed by atoms with Crippen LogP contribution in [0.25, 0.3) is 6.08 Å². The number of benzene rings is 3. The molecular weight excluding hydrogens is 512 g/mol. The lowest BCUT2D eigenvalue weighted by Crippen LogP contribution is -2.66. The van der Waals surface area contributed by atoms with Crippen molar-refractivity contribution in [2.45, 2.75) is 58.1 Å². The number of hydrogen-bond acceptors (Lipinski definition) is 4. The SMILES string of the molecule is C=C(CO[Si](c1ccccc1)(c1ccccc1)C(C)(C)C)/C(=C/CO)C(O)CC/C(=C/c1ccccc1O)CC. The number of allylic oxidation sites excluding steroid dienone is 1. The predicted molar refractivity (Wildman–Crippen MR) is 169 cm³/mol. The van der Waals surface area contributed by atoms with Crippen LogP contribution in [0, 0.1) is 0 Å². The van der Waals surface area contributed by atoms with Gasteiger partial charge in [-0.25, -0.2) is 0 Å². The Balaban J connectivity index is 1.84. The monoisotopic (exact) mass is 556 g/mol. The lowest BCUT2D eigenvalue weighted by Gasteiger charge is -2.43. The van der Waals surface area contributed by atoms with Gasteiger partial charge < -0.3 is 19.7 Å². The summed E-state index contributed by atoms with van der Waals surface area (Å²) < 4.78 is 7.01. The number of aliphatic hydroxyl groups excluding tert-OH is 2. The minimum atomic E-state index is -2.77. The highest BCUT2D eigenvalue weighted by atomic mass is 28.4. The molecule has 0 saturated carbocycles. The Bertz CT molecular complexity index is 1250. The van der Waals surface area contributed by atoms with Crippen molar-refractivity contribution in [2.24, 2.45) is 0 Å². The number of phenols is 1. The molecule has 0 fully saturated rings.